The average Bonchev–Trinajstić information content (AvgIpc) is 2.44. The molecule has 0 saturated carbocycles. The minimum absolute atomic E-state index is 0.0489. The van der Waals surface area contributed by atoms with E-state index in [1.54, 1.807) is 0 Å². The van der Waals surface area contributed by atoms with E-state index in [0.717, 1.165) is 13.1 Å². The molecule has 2 atom stereocenters. The molecule has 0 aliphatic carbocycles. The number of amides is 1. The summed E-state index contributed by atoms with van der Waals surface area (Å²) in [5.74, 6) is 0.771. The average molecular weight is 320 g/mol. The minimum atomic E-state index is -0.471. The van der Waals surface area contributed by atoms with Crippen molar-refractivity contribution < 1.29 is 9.53 Å². The monoisotopic (exact) mass is 320 g/mol. The lowest BCUT2D eigenvalue weighted by atomic mass is 10.0. The van der Waals surface area contributed by atoms with Crippen LogP contribution >= 0.6 is 0 Å². The van der Waals surface area contributed by atoms with Crippen LogP contribution in [-0.2, 0) is 4.74 Å². The van der Waals surface area contributed by atoms with Gasteiger partial charge in [-0.3, -0.25) is 0 Å². The SMILES string of the molecule is CC(CNCC(NC(=O)OC(C)(C)C)C(C)C)c1ccccc1. The number of carbonyl (C=O) groups is 1. The molecule has 0 radical (unpaired) electrons. The number of hydrogen-bond donors (Lipinski definition) is 2. The molecular weight excluding hydrogens is 288 g/mol. The van der Waals surface area contributed by atoms with Gasteiger partial charge >= 0.3 is 6.09 Å². The summed E-state index contributed by atoms with van der Waals surface area (Å²) in [5.41, 5.74) is 0.849. The van der Waals surface area contributed by atoms with Crippen molar-refractivity contribution >= 4 is 6.09 Å². The fourth-order valence-corrected chi connectivity index (χ4v) is 2.27. The van der Waals surface area contributed by atoms with Gasteiger partial charge in [-0.05, 0) is 38.2 Å². The highest BCUT2D eigenvalue weighted by Gasteiger charge is 2.21. The van der Waals surface area contributed by atoms with Crippen LogP contribution in [0.15, 0.2) is 30.3 Å². The summed E-state index contributed by atoms with van der Waals surface area (Å²) in [4.78, 5) is 11.9. The Kier molecular flexibility index (Phi) is 7.56. The first-order chi connectivity index (χ1) is 10.7. The Morgan fingerprint density at radius 2 is 1.70 bits per heavy atom. The molecule has 1 amide bonds. The summed E-state index contributed by atoms with van der Waals surface area (Å²) in [7, 11) is 0. The second-order valence-corrected chi connectivity index (χ2v) is 7.47. The topological polar surface area (TPSA) is 50.4 Å². The molecule has 2 unspecified atom stereocenters. The summed E-state index contributed by atoms with van der Waals surface area (Å²) < 4.78 is 5.34. The van der Waals surface area contributed by atoms with Crippen LogP contribution in [0, 0.1) is 5.92 Å². The van der Waals surface area contributed by atoms with Crippen molar-refractivity contribution in [1.82, 2.24) is 10.6 Å². The number of nitrogens with one attached hydrogen (secondary N) is 2. The van der Waals surface area contributed by atoms with Crippen LogP contribution in [-0.4, -0.2) is 30.8 Å². The van der Waals surface area contributed by atoms with Crippen LogP contribution in [0.3, 0.4) is 0 Å². The summed E-state index contributed by atoms with van der Waals surface area (Å²) in [6.07, 6.45) is -0.353. The van der Waals surface area contributed by atoms with Gasteiger partial charge in [-0.1, -0.05) is 51.1 Å². The smallest absolute Gasteiger partial charge is 0.407 e. The van der Waals surface area contributed by atoms with Crippen molar-refractivity contribution in [2.75, 3.05) is 13.1 Å². The van der Waals surface area contributed by atoms with Crippen molar-refractivity contribution in [3.05, 3.63) is 35.9 Å². The lowest BCUT2D eigenvalue weighted by Crippen LogP contribution is -2.47. The fraction of sp³-hybridized carbons (Fsp3) is 0.632. The molecule has 0 aliphatic rings. The second-order valence-electron chi connectivity index (χ2n) is 7.47. The van der Waals surface area contributed by atoms with E-state index in [-0.39, 0.29) is 12.1 Å². The maximum atomic E-state index is 11.9. The van der Waals surface area contributed by atoms with Gasteiger partial charge in [0.15, 0.2) is 0 Å². The molecule has 2 N–H and O–H groups in total. The molecule has 1 aromatic carbocycles. The zero-order valence-electron chi connectivity index (χ0n) is 15.3. The van der Waals surface area contributed by atoms with Crippen LogP contribution in [0.1, 0.15) is 53.0 Å². The second kappa shape index (κ2) is 8.92. The molecule has 23 heavy (non-hydrogen) atoms. The van der Waals surface area contributed by atoms with Crippen molar-refractivity contribution in [2.45, 2.75) is 59.1 Å². The van der Waals surface area contributed by atoms with E-state index in [4.69, 9.17) is 4.74 Å². The quantitative estimate of drug-likeness (QED) is 0.800. The van der Waals surface area contributed by atoms with Crippen molar-refractivity contribution in [2.24, 2.45) is 5.92 Å². The van der Waals surface area contributed by atoms with Crippen LogP contribution < -0.4 is 10.6 Å². The van der Waals surface area contributed by atoms with E-state index in [1.165, 1.54) is 5.56 Å². The predicted molar refractivity (Wildman–Crippen MR) is 95.7 cm³/mol. The third-order valence-electron chi connectivity index (χ3n) is 3.69. The molecule has 0 aliphatic heterocycles. The molecular formula is C19H32N2O2. The molecule has 0 heterocycles. The Hall–Kier alpha value is -1.55. The standard InChI is InChI=1S/C19H32N2O2/c1-14(2)17(21-18(22)23-19(4,5)6)13-20-12-15(3)16-10-8-7-9-11-16/h7-11,14-15,17,20H,12-13H2,1-6H3,(H,21,22). The number of rotatable bonds is 7. The third-order valence-corrected chi connectivity index (χ3v) is 3.69. The maximum absolute atomic E-state index is 11.9. The van der Waals surface area contributed by atoms with E-state index in [9.17, 15) is 4.79 Å². The lowest BCUT2D eigenvalue weighted by Gasteiger charge is -2.26. The Morgan fingerprint density at radius 3 is 2.22 bits per heavy atom. The number of alkyl carbamates (subject to hydrolysis) is 1. The largest absolute Gasteiger partial charge is 0.444 e. The molecule has 0 spiro atoms. The molecule has 1 aromatic rings. The van der Waals surface area contributed by atoms with Crippen LogP contribution in [0.4, 0.5) is 4.79 Å². The Balaban J connectivity index is 2.43. The number of ether oxygens (including phenoxy) is 1. The number of benzene rings is 1. The zero-order valence-corrected chi connectivity index (χ0v) is 15.3. The van der Waals surface area contributed by atoms with Gasteiger partial charge in [0.1, 0.15) is 5.60 Å². The van der Waals surface area contributed by atoms with Gasteiger partial charge in [0.25, 0.3) is 0 Å². The molecule has 0 saturated heterocycles. The molecule has 0 aromatic heterocycles. The summed E-state index contributed by atoms with van der Waals surface area (Å²) >= 11 is 0. The van der Waals surface area contributed by atoms with Gasteiger partial charge in [0.2, 0.25) is 0 Å². The first kappa shape index (κ1) is 19.5. The van der Waals surface area contributed by atoms with Crippen LogP contribution in [0.5, 0.6) is 0 Å². The zero-order chi connectivity index (χ0) is 17.5. The number of carbonyl (C=O) groups excluding carboxylic acids is 1. The minimum Gasteiger partial charge on any atom is -0.444 e. The maximum Gasteiger partial charge on any atom is 0.407 e. The molecule has 0 bridgehead atoms. The molecule has 4 nitrogen and oxygen atoms in total. The van der Waals surface area contributed by atoms with Gasteiger partial charge in [-0.25, -0.2) is 4.79 Å². The van der Waals surface area contributed by atoms with E-state index < -0.39 is 5.60 Å². The molecule has 1 rings (SSSR count). The predicted octanol–water partition coefficient (Wildman–Crippen LogP) is 3.93. The molecule has 4 heteroatoms. The van der Waals surface area contributed by atoms with E-state index in [2.05, 4.69) is 55.7 Å². The fourth-order valence-electron chi connectivity index (χ4n) is 2.27. The summed E-state index contributed by atoms with van der Waals surface area (Å²) in [6.45, 7) is 13.6. The van der Waals surface area contributed by atoms with Crippen molar-refractivity contribution in [1.29, 1.82) is 0 Å². The highest BCUT2D eigenvalue weighted by atomic mass is 16.6. The van der Waals surface area contributed by atoms with Gasteiger partial charge < -0.3 is 15.4 Å². The van der Waals surface area contributed by atoms with Crippen LogP contribution in [0.25, 0.3) is 0 Å². The molecule has 130 valence electrons. The lowest BCUT2D eigenvalue weighted by molar-refractivity contribution is 0.0490. The normalized spacial score (nSPS) is 14.4. The Labute approximate surface area is 141 Å². The van der Waals surface area contributed by atoms with Gasteiger partial charge in [-0.2, -0.15) is 0 Å². The highest BCUT2D eigenvalue weighted by Crippen LogP contribution is 2.13. The Morgan fingerprint density at radius 1 is 1.09 bits per heavy atom. The van der Waals surface area contributed by atoms with E-state index >= 15 is 0 Å². The van der Waals surface area contributed by atoms with Gasteiger partial charge in [-0.15, -0.1) is 0 Å². The van der Waals surface area contributed by atoms with E-state index in [0.29, 0.717) is 11.8 Å². The van der Waals surface area contributed by atoms with Crippen molar-refractivity contribution in [3.63, 3.8) is 0 Å². The van der Waals surface area contributed by atoms with Crippen LogP contribution in [0.2, 0.25) is 0 Å². The summed E-state index contributed by atoms with van der Waals surface area (Å²) in [5, 5.41) is 6.43. The number of hydrogen-bond acceptors (Lipinski definition) is 3. The van der Waals surface area contributed by atoms with Gasteiger partial charge in [0, 0.05) is 19.1 Å². The summed E-state index contributed by atoms with van der Waals surface area (Å²) in [6, 6.07) is 10.5. The Bertz CT molecular complexity index is 466. The van der Waals surface area contributed by atoms with Crippen molar-refractivity contribution in [3.8, 4) is 0 Å². The first-order valence-corrected chi connectivity index (χ1v) is 8.44. The molecule has 0 fully saturated rings. The van der Waals surface area contributed by atoms with E-state index in [1.807, 2.05) is 26.8 Å². The highest BCUT2D eigenvalue weighted by molar-refractivity contribution is 5.68. The third kappa shape index (κ3) is 8.03. The van der Waals surface area contributed by atoms with Gasteiger partial charge in [0.05, 0.1) is 0 Å². The first-order valence-electron chi connectivity index (χ1n) is 8.44.